The quantitative estimate of drug-likeness (QED) is 0.737. The van der Waals surface area contributed by atoms with E-state index in [1.807, 2.05) is 24.8 Å². The van der Waals surface area contributed by atoms with Crippen molar-refractivity contribution in [1.29, 1.82) is 0 Å². The Bertz CT molecular complexity index is 361. The van der Waals surface area contributed by atoms with E-state index in [4.69, 9.17) is 9.84 Å². The summed E-state index contributed by atoms with van der Waals surface area (Å²) in [7, 11) is 0. The van der Waals surface area contributed by atoms with Gasteiger partial charge in [0.15, 0.2) is 4.88 Å². The van der Waals surface area contributed by atoms with Gasteiger partial charge in [0.2, 0.25) is 0 Å². The second kappa shape index (κ2) is 7.61. The molecule has 0 unspecified atom stereocenters. The smallest absolute Gasteiger partial charge is 0.349 e. The molecule has 1 N–H and O–H groups in total. The monoisotopic (exact) mass is 274 g/mol. The van der Waals surface area contributed by atoms with Crippen LogP contribution in [-0.2, 0) is 6.42 Å². The Morgan fingerprint density at radius 3 is 2.88 bits per heavy atom. The van der Waals surface area contributed by atoms with Gasteiger partial charge in [-0.25, -0.2) is 4.79 Å². The molecule has 0 radical (unpaired) electrons. The molecular formula is C12H18O3S2. The maximum atomic E-state index is 11.0. The first-order valence-corrected chi connectivity index (χ1v) is 7.72. The van der Waals surface area contributed by atoms with E-state index < -0.39 is 5.97 Å². The highest BCUT2D eigenvalue weighted by molar-refractivity contribution is 7.99. The maximum Gasteiger partial charge on any atom is 0.349 e. The van der Waals surface area contributed by atoms with E-state index in [1.165, 1.54) is 11.3 Å². The third-order valence-corrected chi connectivity index (χ3v) is 4.42. The molecule has 96 valence electrons. The Hall–Kier alpha value is -0.680. The number of aromatic carboxylic acids is 1. The zero-order valence-electron chi connectivity index (χ0n) is 10.2. The number of aryl methyl sites for hydroxylation is 1. The normalized spacial score (nSPS) is 10.5. The molecule has 1 aromatic heterocycles. The van der Waals surface area contributed by atoms with Gasteiger partial charge >= 0.3 is 5.97 Å². The minimum Gasteiger partial charge on any atom is -0.492 e. The van der Waals surface area contributed by atoms with Gasteiger partial charge in [-0.05, 0) is 30.4 Å². The van der Waals surface area contributed by atoms with Crippen LogP contribution in [-0.4, -0.2) is 29.2 Å². The van der Waals surface area contributed by atoms with E-state index >= 15 is 0 Å². The van der Waals surface area contributed by atoms with Gasteiger partial charge in [0, 0.05) is 4.88 Å². The van der Waals surface area contributed by atoms with Crippen molar-refractivity contribution in [3.63, 3.8) is 0 Å². The molecule has 0 amide bonds. The third kappa shape index (κ3) is 4.60. The molecule has 1 heterocycles. The molecular weight excluding hydrogens is 256 g/mol. The van der Waals surface area contributed by atoms with Crippen LogP contribution in [0.3, 0.4) is 0 Å². The van der Waals surface area contributed by atoms with Gasteiger partial charge in [0.05, 0.1) is 6.61 Å². The summed E-state index contributed by atoms with van der Waals surface area (Å²) >= 11 is 3.18. The lowest BCUT2D eigenvalue weighted by Crippen LogP contribution is -2.02. The van der Waals surface area contributed by atoms with E-state index in [0.29, 0.717) is 17.2 Å². The number of thioether (sulfide) groups is 1. The van der Waals surface area contributed by atoms with E-state index in [0.717, 1.165) is 29.2 Å². The molecule has 0 atom stereocenters. The molecule has 0 aliphatic carbocycles. The highest BCUT2D eigenvalue weighted by Gasteiger charge is 2.15. The summed E-state index contributed by atoms with van der Waals surface area (Å²) in [6.45, 7) is 4.73. The molecule has 0 bridgehead atoms. The second-order valence-corrected chi connectivity index (χ2v) is 5.99. The Kier molecular flexibility index (Phi) is 6.44. The predicted molar refractivity (Wildman–Crippen MR) is 73.8 cm³/mol. The molecule has 0 saturated carbocycles. The van der Waals surface area contributed by atoms with Gasteiger partial charge in [-0.1, -0.05) is 13.8 Å². The zero-order chi connectivity index (χ0) is 12.7. The minimum absolute atomic E-state index is 0.324. The molecule has 0 spiro atoms. The fourth-order valence-corrected chi connectivity index (χ4v) is 2.83. The van der Waals surface area contributed by atoms with Crippen molar-refractivity contribution in [2.75, 3.05) is 18.1 Å². The number of thiophene rings is 1. The van der Waals surface area contributed by atoms with Crippen molar-refractivity contribution >= 4 is 29.1 Å². The lowest BCUT2D eigenvalue weighted by atomic mass is 10.3. The summed E-state index contributed by atoms with van der Waals surface area (Å²) in [5.41, 5.74) is 0. The zero-order valence-corrected chi connectivity index (χ0v) is 11.8. The van der Waals surface area contributed by atoms with Crippen LogP contribution in [0.4, 0.5) is 0 Å². The Labute approximate surface area is 110 Å². The molecule has 1 rings (SSSR count). The van der Waals surface area contributed by atoms with E-state index in [-0.39, 0.29) is 0 Å². The van der Waals surface area contributed by atoms with E-state index in [1.54, 1.807) is 0 Å². The number of carbonyl (C=O) groups is 1. The average molecular weight is 274 g/mol. The first-order chi connectivity index (χ1) is 8.19. The number of carboxylic acids is 1. The average Bonchev–Trinajstić information content (AvgIpc) is 2.72. The number of hydrogen-bond donors (Lipinski definition) is 1. The fraction of sp³-hybridized carbons (Fsp3) is 0.583. The van der Waals surface area contributed by atoms with Crippen molar-refractivity contribution < 1.29 is 14.6 Å². The van der Waals surface area contributed by atoms with E-state index in [9.17, 15) is 4.79 Å². The molecule has 0 aliphatic rings. The Balaban J connectivity index is 2.51. The van der Waals surface area contributed by atoms with Crippen LogP contribution in [0.1, 0.15) is 34.8 Å². The molecule has 3 nitrogen and oxygen atoms in total. The number of carboxylic acid groups (broad SMARTS) is 1. The summed E-state index contributed by atoms with van der Waals surface area (Å²) in [6, 6.07) is 1.85. The van der Waals surface area contributed by atoms with Crippen LogP contribution >= 0.6 is 23.1 Å². The largest absolute Gasteiger partial charge is 0.492 e. The van der Waals surface area contributed by atoms with Crippen LogP contribution in [0.15, 0.2) is 6.07 Å². The van der Waals surface area contributed by atoms with Gasteiger partial charge in [0.1, 0.15) is 5.75 Å². The van der Waals surface area contributed by atoms with Crippen molar-refractivity contribution in [3.05, 3.63) is 15.8 Å². The van der Waals surface area contributed by atoms with Crippen molar-refractivity contribution in [1.82, 2.24) is 0 Å². The third-order valence-electron chi connectivity index (χ3n) is 2.19. The number of rotatable bonds is 8. The second-order valence-electron chi connectivity index (χ2n) is 3.46. The van der Waals surface area contributed by atoms with Crippen LogP contribution in [0, 0.1) is 0 Å². The number of ether oxygens (including phenoxy) is 1. The SMILES string of the molecule is CCSCCCOc1cc(CC)sc1C(=O)O. The minimum atomic E-state index is -0.896. The van der Waals surface area contributed by atoms with Crippen molar-refractivity contribution in [2.45, 2.75) is 26.7 Å². The van der Waals surface area contributed by atoms with Gasteiger partial charge < -0.3 is 9.84 Å². The molecule has 5 heteroatoms. The highest BCUT2D eigenvalue weighted by atomic mass is 32.2. The number of hydrogen-bond acceptors (Lipinski definition) is 4. The predicted octanol–water partition coefficient (Wildman–Crippen LogP) is 3.53. The van der Waals surface area contributed by atoms with Gasteiger partial charge in [-0.2, -0.15) is 11.8 Å². The fourth-order valence-electron chi connectivity index (χ4n) is 1.34. The first-order valence-electron chi connectivity index (χ1n) is 5.75. The van der Waals surface area contributed by atoms with Crippen LogP contribution in [0.2, 0.25) is 0 Å². The molecule has 0 fully saturated rings. The molecule has 1 aromatic rings. The van der Waals surface area contributed by atoms with Crippen molar-refractivity contribution in [2.24, 2.45) is 0 Å². The molecule has 0 aromatic carbocycles. The van der Waals surface area contributed by atoms with Crippen LogP contribution in [0.25, 0.3) is 0 Å². The molecule has 17 heavy (non-hydrogen) atoms. The van der Waals surface area contributed by atoms with Crippen LogP contribution in [0.5, 0.6) is 5.75 Å². The maximum absolute atomic E-state index is 11.0. The topological polar surface area (TPSA) is 46.5 Å². The lowest BCUT2D eigenvalue weighted by Gasteiger charge is -2.04. The summed E-state index contributed by atoms with van der Waals surface area (Å²) in [6.07, 6.45) is 1.80. The molecule has 0 saturated heterocycles. The standard InChI is InChI=1S/C12H18O3S2/c1-3-9-8-10(11(17-9)12(13)14)15-6-5-7-16-4-2/h8H,3-7H2,1-2H3,(H,13,14). The van der Waals surface area contributed by atoms with Gasteiger partial charge in [-0.3, -0.25) is 0 Å². The van der Waals surface area contributed by atoms with Gasteiger partial charge in [-0.15, -0.1) is 11.3 Å². The van der Waals surface area contributed by atoms with E-state index in [2.05, 4.69) is 6.92 Å². The highest BCUT2D eigenvalue weighted by Crippen LogP contribution is 2.29. The lowest BCUT2D eigenvalue weighted by molar-refractivity contribution is 0.0698. The summed E-state index contributed by atoms with van der Waals surface area (Å²) in [5, 5.41) is 9.04. The Morgan fingerprint density at radius 1 is 1.53 bits per heavy atom. The summed E-state index contributed by atoms with van der Waals surface area (Å²) < 4.78 is 5.54. The van der Waals surface area contributed by atoms with Gasteiger partial charge in [0.25, 0.3) is 0 Å². The summed E-state index contributed by atoms with van der Waals surface area (Å²) in [4.78, 5) is 12.4. The summed E-state index contributed by atoms with van der Waals surface area (Å²) in [5.74, 6) is 1.80. The van der Waals surface area contributed by atoms with Crippen LogP contribution < -0.4 is 4.74 Å². The molecule has 0 aliphatic heterocycles. The Morgan fingerprint density at radius 2 is 2.29 bits per heavy atom. The first kappa shape index (κ1) is 14.4. The van der Waals surface area contributed by atoms with Crippen molar-refractivity contribution in [3.8, 4) is 5.75 Å².